The predicted molar refractivity (Wildman–Crippen MR) is 52.1 cm³/mol. The molecule has 3 heteroatoms. The first kappa shape index (κ1) is 8.51. The van der Waals surface area contributed by atoms with Crippen LogP contribution in [0.4, 0.5) is 0 Å². The molecule has 1 aromatic rings. The van der Waals surface area contributed by atoms with Crippen molar-refractivity contribution in [2.24, 2.45) is 0 Å². The number of hydrogen-bond acceptors (Lipinski definition) is 2. The molecule has 68 valence electrons. The van der Waals surface area contributed by atoms with E-state index < -0.39 is 9.84 Å². The van der Waals surface area contributed by atoms with E-state index in [9.17, 15) is 8.42 Å². The molecule has 0 atom stereocenters. The van der Waals surface area contributed by atoms with Gasteiger partial charge in [0, 0.05) is 5.41 Å². The monoisotopic (exact) mass is 194 g/mol. The molecule has 0 aliphatic carbocycles. The highest BCUT2D eigenvalue weighted by atomic mass is 32.2. The average molecular weight is 194 g/mol. The first-order valence-electron chi connectivity index (χ1n) is 4.05. The number of rotatable bonds is 0. The maximum absolute atomic E-state index is 11.5. The largest absolute Gasteiger partial charge is 0.219 e. The third kappa shape index (κ3) is 1.20. The summed E-state index contributed by atoms with van der Waals surface area (Å²) in [7, 11) is -3.13. The second kappa shape index (κ2) is 2.45. The summed E-state index contributed by atoms with van der Waals surface area (Å²) in [4.78, 5) is 0.449. The molecule has 1 aliphatic heterocycles. The van der Waals surface area contributed by atoms with Crippen LogP contribution in [0.25, 0.3) is 6.08 Å². The zero-order valence-corrected chi connectivity index (χ0v) is 8.35. The van der Waals surface area contributed by atoms with Gasteiger partial charge in [0.05, 0.1) is 4.90 Å². The normalized spacial score (nSPS) is 17.4. The first-order valence-corrected chi connectivity index (χ1v) is 5.60. The van der Waals surface area contributed by atoms with Crippen LogP contribution in [-0.4, -0.2) is 8.42 Å². The van der Waals surface area contributed by atoms with Crippen LogP contribution in [-0.2, 0) is 9.84 Å². The second-order valence-corrected chi connectivity index (χ2v) is 5.14. The van der Waals surface area contributed by atoms with Gasteiger partial charge in [-0.15, -0.1) is 0 Å². The number of fused-ring (bicyclic) bond motifs is 1. The molecule has 0 amide bonds. The lowest BCUT2D eigenvalue weighted by Gasteiger charge is -2.03. The minimum Gasteiger partial charge on any atom is -0.219 e. The van der Waals surface area contributed by atoms with Gasteiger partial charge < -0.3 is 0 Å². The topological polar surface area (TPSA) is 34.1 Å². The van der Waals surface area contributed by atoms with Crippen LogP contribution in [0.3, 0.4) is 0 Å². The van der Waals surface area contributed by atoms with Gasteiger partial charge in [0.2, 0.25) is 0 Å². The highest BCUT2D eigenvalue weighted by Crippen LogP contribution is 2.30. The number of hydrogen-bond donors (Lipinski definition) is 0. The molecular weight excluding hydrogens is 184 g/mol. The van der Waals surface area contributed by atoms with Gasteiger partial charge in [-0.2, -0.15) is 0 Å². The van der Waals surface area contributed by atoms with Crippen molar-refractivity contribution in [3.05, 3.63) is 34.2 Å². The smallest absolute Gasteiger partial charge is 0.200 e. The summed E-state index contributed by atoms with van der Waals surface area (Å²) < 4.78 is 22.9. The van der Waals surface area contributed by atoms with Crippen LogP contribution in [0.5, 0.6) is 0 Å². The van der Waals surface area contributed by atoms with E-state index in [1.807, 2.05) is 19.9 Å². The summed E-state index contributed by atoms with van der Waals surface area (Å²) in [5, 5.41) is 1.27. The van der Waals surface area contributed by atoms with E-state index in [4.69, 9.17) is 0 Å². The molecule has 13 heavy (non-hydrogen) atoms. The molecule has 0 saturated carbocycles. The molecule has 1 aromatic carbocycles. The quantitative estimate of drug-likeness (QED) is 0.633. The van der Waals surface area contributed by atoms with Gasteiger partial charge in [-0.3, -0.25) is 0 Å². The summed E-state index contributed by atoms with van der Waals surface area (Å²) in [5.41, 5.74) is 2.85. The lowest BCUT2D eigenvalue weighted by atomic mass is 10.1. The highest BCUT2D eigenvalue weighted by molar-refractivity contribution is 7.94. The van der Waals surface area contributed by atoms with E-state index in [2.05, 4.69) is 0 Å². The molecule has 2 rings (SSSR count). The van der Waals surface area contributed by atoms with Crippen molar-refractivity contribution in [2.75, 3.05) is 0 Å². The Morgan fingerprint density at radius 2 is 1.85 bits per heavy atom. The van der Waals surface area contributed by atoms with Crippen LogP contribution in [0.15, 0.2) is 22.4 Å². The zero-order valence-electron chi connectivity index (χ0n) is 7.53. The highest BCUT2D eigenvalue weighted by Gasteiger charge is 2.21. The Labute approximate surface area is 77.8 Å². The SMILES string of the molecule is Cc1cc(C)c2c(c1)S(=O)(=O)C=C2. The minimum atomic E-state index is -3.13. The summed E-state index contributed by atoms with van der Waals surface area (Å²) in [6.07, 6.45) is 1.67. The lowest BCUT2D eigenvalue weighted by Crippen LogP contribution is -1.95. The maximum Gasteiger partial charge on any atom is 0.200 e. The van der Waals surface area contributed by atoms with E-state index in [0.29, 0.717) is 4.90 Å². The molecule has 1 heterocycles. The van der Waals surface area contributed by atoms with Crippen molar-refractivity contribution in [1.82, 2.24) is 0 Å². The van der Waals surface area contributed by atoms with E-state index in [1.54, 1.807) is 12.1 Å². The Morgan fingerprint density at radius 3 is 2.54 bits per heavy atom. The van der Waals surface area contributed by atoms with Gasteiger partial charge in [-0.05, 0) is 42.7 Å². The fraction of sp³-hybridized carbons (Fsp3) is 0.200. The zero-order chi connectivity index (χ0) is 9.64. The van der Waals surface area contributed by atoms with Gasteiger partial charge in [0.1, 0.15) is 0 Å². The Morgan fingerprint density at radius 1 is 1.15 bits per heavy atom. The summed E-state index contributed by atoms with van der Waals surface area (Å²) >= 11 is 0. The maximum atomic E-state index is 11.5. The van der Waals surface area contributed by atoms with Crippen molar-refractivity contribution < 1.29 is 8.42 Å². The molecular formula is C10H10O2S. The minimum absolute atomic E-state index is 0.449. The van der Waals surface area contributed by atoms with Gasteiger partial charge in [-0.25, -0.2) is 8.42 Å². The summed E-state index contributed by atoms with van der Waals surface area (Å²) in [5.74, 6) is 0. The summed E-state index contributed by atoms with van der Waals surface area (Å²) in [6.45, 7) is 3.83. The van der Waals surface area contributed by atoms with Crippen molar-refractivity contribution in [1.29, 1.82) is 0 Å². The van der Waals surface area contributed by atoms with E-state index in [1.165, 1.54) is 5.41 Å². The molecule has 0 N–H and O–H groups in total. The van der Waals surface area contributed by atoms with Gasteiger partial charge in [-0.1, -0.05) is 6.07 Å². The van der Waals surface area contributed by atoms with Gasteiger partial charge in [0.25, 0.3) is 0 Å². The fourth-order valence-corrected chi connectivity index (χ4v) is 2.97. The van der Waals surface area contributed by atoms with Crippen LogP contribution in [0, 0.1) is 13.8 Å². The molecule has 0 aromatic heterocycles. The molecule has 0 bridgehead atoms. The summed E-state index contributed by atoms with van der Waals surface area (Å²) in [6, 6.07) is 3.71. The third-order valence-electron chi connectivity index (χ3n) is 2.21. The molecule has 2 nitrogen and oxygen atoms in total. The average Bonchev–Trinajstić information content (AvgIpc) is 2.28. The van der Waals surface area contributed by atoms with Crippen molar-refractivity contribution >= 4 is 15.9 Å². The molecule has 0 fully saturated rings. The second-order valence-electron chi connectivity index (χ2n) is 3.34. The Balaban J connectivity index is 2.86. The Kier molecular flexibility index (Phi) is 1.60. The Bertz CT molecular complexity index is 496. The lowest BCUT2D eigenvalue weighted by molar-refractivity contribution is 0.605. The van der Waals surface area contributed by atoms with Crippen LogP contribution in [0.1, 0.15) is 16.7 Å². The van der Waals surface area contributed by atoms with Crippen molar-refractivity contribution in [3.63, 3.8) is 0 Å². The van der Waals surface area contributed by atoms with Crippen LogP contribution in [0.2, 0.25) is 0 Å². The van der Waals surface area contributed by atoms with E-state index >= 15 is 0 Å². The molecule has 0 saturated heterocycles. The van der Waals surface area contributed by atoms with Crippen molar-refractivity contribution in [3.8, 4) is 0 Å². The standard InChI is InChI=1S/C10H10O2S/c1-7-5-8(2)9-3-4-13(11,12)10(9)6-7/h3-6H,1-2H3. The number of benzene rings is 1. The van der Waals surface area contributed by atoms with E-state index in [0.717, 1.165) is 16.7 Å². The van der Waals surface area contributed by atoms with Gasteiger partial charge in [0.15, 0.2) is 9.84 Å². The molecule has 0 unspecified atom stereocenters. The fourth-order valence-electron chi connectivity index (χ4n) is 1.62. The first-order chi connectivity index (χ1) is 6.00. The van der Waals surface area contributed by atoms with Crippen LogP contribution < -0.4 is 0 Å². The molecule has 0 radical (unpaired) electrons. The number of sulfone groups is 1. The molecule has 1 aliphatic rings. The van der Waals surface area contributed by atoms with Crippen LogP contribution >= 0.6 is 0 Å². The molecule has 0 spiro atoms. The predicted octanol–water partition coefficient (Wildman–Crippen LogP) is 2.06. The van der Waals surface area contributed by atoms with Crippen molar-refractivity contribution in [2.45, 2.75) is 18.7 Å². The van der Waals surface area contributed by atoms with Gasteiger partial charge >= 0.3 is 0 Å². The number of aryl methyl sites for hydroxylation is 2. The van der Waals surface area contributed by atoms with E-state index in [-0.39, 0.29) is 0 Å². The third-order valence-corrected chi connectivity index (χ3v) is 3.66. The Hall–Kier alpha value is -1.09.